The molecule has 0 amide bonds. The monoisotopic (exact) mass is 271 g/mol. The van der Waals surface area contributed by atoms with Crippen molar-refractivity contribution in [1.29, 1.82) is 0 Å². The molecule has 0 aliphatic carbocycles. The average molecular weight is 271 g/mol. The summed E-state index contributed by atoms with van der Waals surface area (Å²) >= 11 is 0. The molecule has 100 valence electrons. The third kappa shape index (κ3) is 2.01. The Labute approximate surface area is 122 Å². The van der Waals surface area contributed by atoms with Crippen LogP contribution in [0.2, 0.25) is 0 Å². The van der Waals surface area contributed by atoms with E-state index in [0.29, 0.717) is 5.75 Å². The first-order valence-corrected chi connectivity index (χ1v) is 6.88. The first-order chi connectivity index (χ1) is 10.3. The van der Waals surface area contributed by atoms with E-state index < -0.39 is 0 Å². The number of hydrogen-bond acceptors (Lipinski definition) is 2. The standard InChI is InChI=1S/C19H13NO/c21-19-7-3-5-14-10-13(8-9-17(14)19)16-11-15-4-1-2-6-18(15)20-12-16/h1-12,21H. The number of rotatable bonds is 1. The fourth-order valence-corrected chi connectivity index (χ4v) is 2.68. The minimum Gasteiger partial charge on any atom is -0.507 e. The van der Waals surface area contributed by atoms with Gasteiger partial charge < -0.3 is 5.11 Å². The molecule has 0 fully saturated rings. The van der Waals surface area contributed by atoms with Crippen molar-refractivity contribution in [2.45, 2.75) is 0 Å². The van der Waals surface area contributed by atoms with Crippen molar-refractivity contribution in [3.05, 3.63) is 72.9 Å². The smallest absolute Gasteiger partial charge is 0.123 e. The molecule has 0 unspecified atom stereocenters. The quantitative estimate of drug-likeness (QED) is 0.541. The second-order valence-electron chi connectivity index (χ2n) is 5.13. The molecule has 2 nitrogen and oxygen atoms in total. The van der Waals surface area contributed by atoms with Crippen molar-refractivity contribution >= 4 is 21.7 Å². The molecule has 3 aromatic carbocycles. The van der Waals surface area contributed by atoms with Crippen molar-refractivity contribution in [1.82, 2.24) is 4.98 Å². The van der Waals surface area contributed by atoms with Crippen LogP contribution in [0.3, 0.4) is 0 Å². The van der Waals surface area contributed by atoms with Crippen LogP contribution in [0.4, 0.5) is 0 Å². The summed E-state index contributed by atoms with van der Waals surface area (Å²) < 4.78 is 0. The van der Waals surface area contributed by atoms with E-state index in [-0.39, 0.29) is 0 Å². The lowest BCUT2D eigenvalue weighted by molar-refractivity contribution is 0.481. The zero-order valence-corrected chi connectivity index (χ0v) is 11.3. The number of aromatic nitrogens is 1. The summed E-state index contributed by atoms with van der Waals surface area (Å²) in [6, 6.07) is 21.9. The lowest BCUT2D eigenvalue weighted by Gasteiger charge is -2.06. The van der Waals surface area contributed by atoms with Crippen molar-refractivity contribution in [2.75, 3.05) is 0 Å². The molecule has 1 N–H and O–H groups in total. The highest BCUT2D eigenvalue weighted by Crippen LogP contribution is 2.30. The van der Waals surface area contributed by atoms with Crippen molar-refractivity contribution < 1.29 is 5.11 Å². The summed E-state index contributed by atoms with van der Waals surface area (Å²) in [7, 11) is 0. The van der Waals surface area contributed by atoms with E-state index in [1.54, 1.807) is 6.07 Å². The molecular formula is C19H13NO. The molecule has 1 aromatic heterocycles. The molecule has 21 heavy (non-hydrogen) atoms. The Kier molecular flexibility index (Phi) is 2.61. The second kappa shape index (κ2) is 4.60. The minimum absolute atomic E-state index is 0.315. The van der Waals surface area contributed by atoms with Gasteiger partial charge in [0.2, 0.25) is 0 Å². The third-order valence-electron chi connectivity index (χ3n) is 3.78. The molecule has 0 spiro atoms. The number of phenolic OH excluding ortho intramolecular Hbond substituents is 1. The number of para-hydroxylation sites is 1. The summed E-state index contributed by atoms with van der Waals surface area (Å²) in [6.45, 7) is 0. The van der Waals surface area contributed by atoms with Crippen molar-refractivity contribution in [3.63, 3.8) is 0 Å². The number of fused-ring (bicyclic) bond motifs is 2. The Morgan fingerprint density at radius 2 is 1.52 bits per heavy atom. The van der Waals surface area contributed by atoms with E-state index in [1.165, 1.54) is 0 Å². The maximum absolute atomic E-state index is 9.86. The number of benzene rings is 3. The van der Waals surface area contributed by atoms with Gasteiger partial charge in [-0.3, -0.25) is 4.98 Å². The summed E-state index contributed by atoms with van der Waals surface area (Å²) in [6.07, 6.45) is 1.90. The molecule has 1 heterocycles. The number of pyridine rings is 1. The summed E-state index contributed by atoms with van der Waals surface area (Å²) in [5.74, 6) is 0.315. The maximum atomic E-state index is 9.86. The van der Waals surface area contributed by atoms with Gasteiger partial charge in [0.1, 0.15) is 5.75 Å². The highest BCUT2D eigenvalue weighted by atomic mass is 16.3. The van der Waals surface area contributed by atoms with Gasteiger partial charge in [0.25, 0.3) is 0 Å². The molecule has 0 saturated heterocycles. The van der Waals surface area contributed by atoms with Gasteiger partial charge in [-0.2, -0.15) is 0 Å². The Balaban J connectivity index is 1.91. The van der Waals surface area contributed by atoms with E-state index in [1.807, 2.05) is 48.7 Å². The van der Waals surface area contributed by atoms with Crippen LogP contribution in [0, 0.1) is 0 Å². The highest BCUT2D eigenvalue weighted by molar-refractivity contribution is 5.92. The van der Waals surface area contributed by atoms with E-state index in [2.05, 4.69) is 23.2 Å². The lowest BCUT2D eigenvalue weighted by atomic mass is 10.0. The van der Waals surface area contributed by atoms with Crippen molar-refractivity contribution in [2.24, 2.45) is 0 Å². The fraction of sp³-hybridized carbons (Fsp3) is 0. The van der Waals surface area contributed by atoms with Gasteiger partial charge in [0.15, 0.2) is 0 Å². The molecule has 4 rings (SSSR count). The molecule has 4 aromatic rings. The van der Waals surface area contributed by atoms with Crippen LogP contribution in [0.15, 0.2) is 72.9 Å². The van der Waals surface area contributed by atoms with E-state index in [9.17, 15) is 5.11 Å². The van der Waals surface area contributed by atoms with E-state index in [0.717, 1.165) is 32.8 Å². The number of nitrogens with zero attached hydrogens (tertiary/aromatic N) is 1. The molecule has 0 bridgehead atoms. The van der Waals surface area contributed by atoms with Crippen LogP contribution in [0.25, 0.3) is 32.8 Å². The van der Waals surface area contributed by atoms with Crippen molar-refractivity contribution in [3.8, 4) is 16.9 Å². The predicted octanol–water partition coefficient (Wildman–Crippen LogP) is 4.76. The Morgan fingerprint density at radius 1 is 0.714 bits per heavy atom. The van der Waals surface area contributed by atoms with Crippen LogP contribution in [0.1, 0.15) is 0 Å². The Hall–Kier alpha value is -2.87. The minimum atomic E-state index is 0.315. The van der Waals surface area contributed by atoms with E-state index in [4.69, 9.17) is 0 Å². The zero-order chi connectivity index (χ0) is 14.2. The summed E-state index contributed by atoms with van der Waals surface area (Å²) in [5.41, 5.74) is 3.19. The number of hydrogen-bond donors (Lipinski definition) is 1. The van der Waals surface area contributed by atoms with Crippen LogP contribution in [0.5, 0.6) is 5.75 Å². The lowest BCUT2D eigenvalue weighted by Crippen LogP contribution is -1.83. The Bertz CT molecular complexity index is 960. The molecule has 0 aliphatic heterocycles. The topological polar surface area (TPSA) is 33.1 Å². The van der Waals surface area contributed by atoms with Crippen LogP contribution in [-0.2, 0) is 0 Å². The third-order valence-corrected chi connectivity index (χ3v) is 3.78. The molecule has 0 aliphatic rings. The highest BCUT2D eigenvalue weighted by Gasteiger charge is 2.04. The normalized spacial score (nSPS) is 11.0. The summed E-state index contributed by atoms with van der Waals surface area (Å²) in [4.78, 5) is 4.51. The van der Waals surface area contributed by atoms with Gasteiger partial charge in [-0.1, -0.05) is 42.5 Å². The Morgan fingerprint density at radius 3 is 2.48 bits per heavy atom. The van der Waals surface area contributed by atoms with Gasteiger partial charge in [-0.05, 0) is 35.2 Å². The molecule has 0 radical (unpaired) electrons. The van der Waals surface area contributed by atoms with Gasteiger partial charge in [-0.25, -0.2) is 0 Å². The largest absolute Gasteiger partial charge is 0.507 e. The number of aromatic hydroxyl groups is 1. The first kappa shape index (κ1) is 11.9. The predicted molar refractivity (Wildman–Crippen MR) is 86.3 cm³/mol. The van der Waals surface area contributed by atoms with E-state index >= 15 is 0 Å². The van der Waals surface area contributed by atoms with Crippen LogP contribution in [-0.4, -0.2) is 10.1 Å². The molecule has 0 saturated carbocycles. The fourth-order valence-electron chi connectivity index (χ4n) is 2.68. The first-order valence-electron chi connectivity index (χ1n) is 6.88. The molecular weight excluding hydrogens is 258 g/mol. The molecule has 2 heteroatoms. The van der Waals surface area contributed by atoms with Gasteiger partial charge in [-0.15, -0.1) is 0 Å². The zero-order valence-electron chi connectivity index (χ0n) is 11.3. The second-order valence-corrected chi connectivity index (χ2v) is 5.13. The molecule has 0 atom stereocenters. The average Bonchev–Trinajstić information content (AvgIpc) is 2.54. The van der Waals surface area contributed by atoms with Gasteiger partial charge >= 0.3 is 0 Å². The SMILES string of the molecule is Oc1cccc2cc(-c3cnc4ccccc4c3)ccc12. The van der Waals surface area contributed by atoms with Gasteiger partial charge in [0.05, 0.1) is 5.52 Å². The maximum Gasteiger partial charge on any atom is 0.123 e. The summed E-state index contributed by atoms with van der Waals surface area (Å²) in [5, 5.41) is 12.9. The van der Waals surface area contributed by atoms with Crippen LogP contribution < -0.4 is 0 Å². The van der Waals surface area contributed by atoms with Crippen LogP contribution >= 0.6 is 0 Å². The van der Waals surface area contributed by atoms with Gasteiger partial charge in [0, 0.05) is 22.5 Å². The number of phenols is 1.